The number of benzene rings is 2. The van der Waals surface area contributed by atoms with Crippen molar-refractivity contribution in [2.24, 2.45) is 5.73 Å². The number of likely N-dealkylation sites (N-methyl/N-ethyl adjacent to an activating group) is 1. The van der Waals surface area contributed by atoms with Crippen LogP contribution in [-0.2, 0) is 11.3 Å². The Morgan fingerprint density at radius 2 is 1.87 bits per heavy atom. The lowest BCUT2D eigenvalue weighted by Gasteiger charge is -2.26. The maximum atomic E-state index is 13.3. The Kier molecular flexibility index (Phi) is 7.72. The molecule has 0 aliphatic carbocycles. The van der Waals surface area contributed by atoms with Crippen LogP contribution in [0.3, 0.4) is 0 Å². The van der Waals surface area contributed by atoms with Gasteiger partial charge in [-0.3, -0.25) is 4.79 Å². The van der Waals surface area contributed by atoms with E-state index in [2.05, 4.69) is 0 Å². The van der Waals surface area contributed by atoms with Crippen LogP contribution in [0, 0.1) is 5.82 Å². The zero-order valence-electron chi connectivity index (χ0n) is 13.1. The highest BCUT2D eigenvalue weighted by Gasteiger charge is 2.23. The monoisotopic (exact) mass is 336 g/mol. The fourth-order valence-electron chi connectivity index (χ4n) is 2.49. The van der Waals surface area contributed by atoms with Gasteiger partial charge >= 0.3 is 0 Å². The molecule has 23 heavy (non-hydrogen) atoms. The zero-order chi connectivity index (χ0) is 15.9. The van der Waals surface area contributed by atoms with E-state index < -0.39 is 0 Å². The predicted octanol–water partition coefficient (Wildman–Crippen LogP) is 3.34. The van der Waals surface area contributed by atoms with Gasteiger partial charge in [0.15, 0.2) is 0 Å². The maximum absolute atomic E-state index is 13.3. The van der Waals surface area contributed by atoms with Gasteiger partial charge in [0, 0.05) is 19.6 Å². The summed E-state index contributed by atoms with van der Waals surface area (Å²) in [6.45, 7) is 3.10. The van der Waals surface area contributed by atoms with Crippen molar-refractivity contribution < 1.29 is 9.18 Å². The summed E-state index contributed by atoms with van der Waals surface area (Å²) < 4.78 is 13.3. The van der Waals surface area contributed by atoms with Gasteiger partial charge in [0.2, 0.25) is 5.91 Å². The van der Waals surface area contributed by atoms with Gasteiger partial charge in [-0.15, -0.1) is 12.4 Å². The highest BCUT2D eigenvalue weighted by Crippen LogP contribution is 2.19. The van der Waals surface area contributed by atoms with E-state index in [9.17, 15) is 9.18 Å². The third-order valence-electron chi connectivity index (χ3n) is 3.69. The fraction of sp³-hybridized carbons (Fsp3) is 0.278. The molecule has 2 rings (SSSR count). The van der Waals surface area contributed by atoms with E-state index in [0.29, 0.717) is 13.1 Å². The summed E-state index contributed by atoms with van der Waals surface area (Å²) in [5.74, 6) is -0.686. The molecule has 1 atom stereocenters. The normalized spacial score (nSPS) is 11.4. The Labute approximate surface area is 142 Å². The van der Waals surface area contributed by atoms with Gasteiger partial charge in [-0.05, 0) is 30.2 Å². The van der Waals surface area contributed by atoms with Crippen LogP contribution in [0.2, 0.25) is 0 Å². The van der Waals surface area contributed by atoms with E-state index >= 15 is 0 Å². The van der Waals surface area contributed by atoms with Gasteiger partial charge in [0.05, 0.1) is 5.92 Å². The average molecular weight is 337 g/mol. The molecule has 1 amide bonds. The number of carbonyl (C=O) groups excluding carboxylic acids is 1. The van der Waals surface area contributed by atoms with Crippen molar-refractivity contribution in [3.63, 3.8) is 0 Å². The van der Waals surface area contributed by atoms with E-state index in [-0.39, 0.29) is 36.6 Å². The first-order valence-corrected chi connectivity index (χ1v) is 7.44. The molecule has 0 spiro atoms. The van der Waals surface area contributed by atoms with Crippen molar-refractivity contribution in [2.45, 2.75) is 19.4 Å². The summed E-state index contributed by atoms with van der Waals surface area (Å²) in [6, 6.07) is 15.8. The summed E-state index contributed by atoms with van der Waals surface area (Å²) in [4.78, 5) is 14.5. The van der Waals surface area contributed by atoms with Gasteiger partial charge in [-0.1, -0.05) is 42.5 Å². The maximum Gasteiger partial charge on any atom is 0.231 e. The molecule has 1 unspecified atom stereocenters. The van der Waals surface area contributed by atoms with Crippen LogP contribution in [0.4, 0.5) is 4.39 Å². The summed E-state index contributed by atoms with van der Waals surface area (Å²) in [5, 5.41) is 0. The minimum atomic E-state index is -0.366. The van der Waals surface area contributed by atoms with E-state index in [1.54, 1.807) is 11.0 Å². The summed E-state index contributed by atoms with van der Waals surface area (Å²) in [5.41, 5.74) is 7.49. The Morgan fingerprint density at radius 3 is 2.43 bits per heavy atom. The molecule has 0 fully saturated rings. The van der Waals surface area contributed by atoms with Crippen molar-refractivity contribution in [1.82, 2.24) is 4.90 Å². The third kappa shape index (κ3) is 5.05. The second-order valence-corrected chi connectivity index (χ2v) is 5.18. The molecule has 0 heterocycles. The van der Waals surface area contributed by atoms with Crippen LogP contribution < -0.4 is 5.73 Å². The quantitative estimate of drug-likeness (QED) is 0.879. The molecule has 0 bridgehead atoms. The molecule has 3 nitrogen and oxygen atoms in total. The first-order valence-electron chi connectivity index (χ1n) is 7.44. The number of nitrogens with two attached hydrogens (primary N) is 1. The largest absolute Gasteiger partial charge is 0.338 e. The van der Waals surface area contributed by atoms with Crippen molar-refractivity contribution in [2.75, 3.05) is 13.1 Å². The molecule has 0 aliphatic rings. The Hall–Kier alpha value is -1.91. The molecule has 0 saturated heterocycles. The highest BCUT2D eigenvalue weighted by molar-refractivity contribution is 5.85. The number of hydrogen-bond donors (Lipinski definition) is 1. The number of carbonyl (C=O) groups is 1. The lowest BCUT2D eigenvalue weighted by atomic mass is 9.97. The first-order chi connectivity index (χ1) is 10.7. The van der Waals surface area contributed by atoms with Crippen LogP contribution in [0.15, 0.2) is 54.6 Å². The smallest absolute Gasteiger partial charge is 0.231 e. The third-order valence-corrected chi connectivity index (χ3v) is 3.69. The van der Waals surface area contributed by atoms with Crippen molar-refractivity contribution in [3.8, 4) is 0 Å². The molecule has 0 aliphatic heterocycles. The number of nitrogens with zero attached hydrogens (tertiary/aromatic N) is 1. The van der Waals surface area contributed by atoms with Gasteiger partial charge in [-0.2, -0.15) is 0 Å². The molecule has 2 N–H and O–H groups in total. The summed E-state index contributed by atoms with van der Waals surface area (Å²) >= 11 is 0. The van der Waals surface area contributed by atoms with E-state index in [1.165, 1.54) is 12.1 Å². The van der Waals surface area contributed by atoms with E-state index in [1.807, 2.05) is 43.3 Å². The molecule has 0 saturated carbocycles. The molecule has 5 heteroatoms. The van der Waals surface area contributed by atoms with E-state index in [0.717, 1.165) is 11.1 Å². The second kappa shape index (κ2) is 9.28. The zero-order valence-corrected chi connectivity index (χ0v) is 13.9. The molecule has 0 radical (unpaired) electrons. The average Bonchev–Trinajstić information content (AvgIpc) is 2.54. The van der Waals surface area contributed by atoms with Crippen molar-refractivity contribution in [3.05, 3.63) is 71.5 Å². The van der Waals surface area contributed by atoms with Gasteiger partial charge in [0.25, 0.3) is 0 Å². The van der Waals surface area contributed by atoms with Crippen molar-refractivity contribution in [1.29, 1.82) is 0 Å². The minimum Gasteiger partial charge on any atom is -0.338 e. The van der Waals surface area contributed by atoms with Gasteiger partial charge in [0.1, 0.15) is 5.82 Å². The molecule has 124 valence electrons. The summed E-state index contributed by atoms with van der Waals surface area (Å²) in [6.07, 6.45) is 0. The van der Waals surface area contributed by atoms with Crippen LogP contribution in [-0.4, -0.2) is 23.9 Å². The Bertz CT molecular complexity index is 621. The number of hydrogen-bond acceptors (Lipinski definition) is 2. The first kappa shape index (κ1) is 19.1. The summed E-state index contributed by atoms with van der Waals surface area (Å²) in [7, 11) is 0. The predicted molar refractivity (Wildman–Crippen MR) is 93.0 cm³/mol. The number of rotatable bonds is 6. The number of amides is 1. The standard InChI is InChI=1S/C18H21FN2O.ClH/c1-2-21(13-14-7-6-10-16(19)11-14)18(22)17(12-20)15-8-4-3-5-9-15;/h3-11,17H,2,12-13,20H2,1H3;1H. The lowest BCUT2D eigenvalue weighted by Crippen LogP contribution is -2.37. The second-order valence-electron chi connectivity index (χ2n) is 5.18. The number of halogens is 2. The van der Waals surface area contributed by atoms with Crippen LogP contribution in [0.5, 0.6) is 0 Å². The topological polar surface area (TPSA) is 46.3 Å². The highest BCUT2D eigenvalue weighted by atomic mass is 35.5. The Balaban J connectivity index is 0.00000264. The molecule has 2 aromatic rings. The SMILES string of the molecule is CCN(Cc1cccc(F)c1)C(=O)C(CN)c1ccccc1.Cl. The molecule has 2 aromatic carbocycles. The van der Waals surface area contributed by atoms with Crippen LogP contribution in [0.25, 0.3) is 0 Å². The Morgan fingerprint density at radius 1 is 1.17 bits per heavy atom. The van der Waals surface area contributed by atoms with Gasteiger partial charge < -0.3 is 10.6 Å². The van der Waals surface area contributed by atoms with Crippen molar-refractivity contribution >= 4 is 18.3 Å². The molecular weight excluding hydrogens is 315 g/mol. The minimum absolute atomic E-state index is 0. The molecular formula is C18H22ClFN2O. The lowest BCUT2D eigenvalue weighted by molar-refractivity contribution is -0.133. The van der Waals surface area contributed by atoms with Crippen LogP contribution in [0.1, 0.15) is 24.0 Å². The fourth-order valence-corrected chi connectivity index (χ4v) is 2.49. The van der Waals surface area contributed by atoms with Gasteiger partial charge in [-0.25, -0.2) is 4.39 Å². The van der Waals surface area contributed by atoms with E-state index in [4.69, 9.17) is 5.73 Å². The van der Waals surface area contributed by atoms with Crippen LogP contribution >= 0.6 is 12.4 Å². The molecule has 0 aromatic heterocycles.